The van der Waals surface area contributed by atoms with E-state index in [1.165, 1.54) is 5.56 Å². The van der Waals surface area contributed by atoms with E-state index in [0.29, 0.717) is 12.3 Å². The number of hydrogen-bond donors (Lipinski definition) is 2. The van der Waals surface area contributed by atoms with Gasteiger partial charge in [-0.15, -0.1) is 0 Å². The molecule has 0 heterocycles. The van der Waals surface area contributed by atoms with Crippen molar-refractivity contribution in [3.63, 3.8) is 0 Å². The minimum absolute atomic E-state index is 0.0227. The predicted molar refractivity (Wildman–Crippen MR) is 74.5 cm³/mol. The molecule has 0 saturated heterocycles. The Morgan fingerprint density at radius 3 is 2.39 bits per heavy atom. The second-order valence-corrected chi connectivity index (χ2v) is 5.72. The molecule has 0 spiro atoms. The molecule has 3 nitrogen and oxygen atoms in total. The summed E-state index contributed by atoms with van der Waals surface area (Å²) in [7, 11) is 0. The van der Waals surface area contributed by atoms with Crippen LogP contribution in [0.3, 0.4) is 0 Å². The van der Waals surface area contributed by atoms with Gasteiger partial charge in [-0.2, -0.15) is 0 Å². The number of rotatable bonds is 4. The zero-order valence-electron chi connectivity index (χ0n) is 11.2. The minimum atomic E-state index is -0.248. The second kappa shape index (κ2) is 5.11. The summed E-state index contributed by atoms with van der Waals surface area (Å²) >= 11 is 0. The Labute approximate surface area is 109 Å². The molecule has 1 amide bonds. The van der Waals surface area contributed by atoms with Crippen molar-refractivity contribution in [3.05, 3.63) is 29.8 Å². The van der Waals surface area contributed by atoms with Crippen molar-refractivity contribution in [2.75, 3.05) is 5.32 Å². The van der Waals surface area contributed by atoms with E-state index in [2.05, 4.69) is 31.3 Å². The van der Waals surface area contributed by atoms with Crippen LogP contribution in [0.2, 0.25) is 0 Å². The average Bonchev–Trinajstić information content (AvgIpc) is 2.27. The normalized spacial score (nSPS) is 17.3. The lowest BCUT2D eigenvalue weighted by atomic mass is 9.75. The molecule has 0 atom stereocenters. The van der Waals surface area contributed by atoms with Gasteiger partial charge in [0.2, 0.25) is 5.91 Å². The molecule has 1 aromatic carbocycles. The lowest BCUT2D eigenvalue weighted by Gasteiger charge is -2.37. The van der Waals surface area contributed by atoms with Gasteiger partial charge in [-0.05, 0) is 42.9 Å². The van der Waals surface area contributed by atoms with Crippen LogP contribution in [0.4, 0.5) is 5.69 Å². The molecule has 0 aromatic heterocycles. The maximum absolute atomic E-state index is 11.8. The summed E-state index contributed by atoms with van der Waals surface area (Å²) in [4.78, 5) is 11.8. The van der Waals surface area contributed by atoms with Gasteiger partial charge < -0.3 is 11.1 Å². The number of benzene rings is 1. The Morgan fingerprint density at radius 2 is 1.94 bits per heavy atom. The molecule has 98 valence electrons. The quantitative estimate of drug-likeness (QED) is 0.858. The summed E-state index contributed by atoms with van der Waals surface area (Å²) in [6.07, 6.45) is 3.51. The molecule has 2 rings (SSSR count). The van der Waals surface area contributed by atoms with Crippen LogP contribution in [-0.2, 0) is 4.79 Å². The van der Waals surface area contributed by atoms with E-state index < -0.39 is 0 Å². The van der Waals surface area contributed by atoms with Gasteiger partial charge in [-0.3, -0.25) is 4.79 Å². The Kier molecular flexibility index (Phi) is 3.71. The van der Waals surface area contributed by atoms with Crippen molar-refractivity contribution in [3.8, 4) is 0 Å². The summed E-state index contributed by atoms with van der Waals surface area (Å²) in [6.45, 7) is 4.31. The van der Waals surface area contributed by atoms with Crippen LogP contribution < -0.4 is 11.1 Å². The van der Waals surface area contributed by atoms with E-state index in [-0.39, 0.29) is 11.4 Å². The van der Waals surface area contributed by atoms with E-state index in [1.54, 1.807) is 0 Å². The van der Waals surface area contributed by atoms with Crippen LogP contribution in [0.5, 0.6) is 0 Å². The number of amides is 1. The number of nitrogens with one attached hydrogen (secondary N) is 1. The van der Waals surface area contributed by atoms with Gasteiger partial charge in [0.1, 0.15) is 0 Å². The van der Waals surface area contributed by atoms with Crippen LogP contribution in [-0.4, -0.2) is 11.4 Å². The summed E-state index contributed by atoms with van der Waals surface area (Å²) in [5, 5.41) is 2.91. The average molecular weight is 246 g/mol. The zero-order valence-corrected chi connectivity index (χ0v) is 11.2. The largest absolute Gasteiger partial charge is 0.326 e. The number of carbonyl (C=O) groups excluding carboxylic acids is 1. The van der Waals surface area contributed by atoms with Gasteiger partial charge in [-0.25, -0.2) is 0 Å². The molecule has 3 heteroatoms. The Hall–Kier alpha value is -1.35. The SMILES string of the molecule is CC(C)c1ccc(NC(=O)CC2(N)CCC2)cc1. The molecule has 1 aromatic rings. The predicted octanol–water partition coefficient (Wildman–Crippen LogP) is 3.02. The van der Waals surface area contributed by atoms with Crippen molar-refractivity contribution >= 4 is 11.6 Å². The third-order valence-electron chi connectivity index (χ3n) is 3.72. The van der Waals surface area contributed by atoms with Crippen LogP contribution >= 0.6 is 0 Å². The topological polar surface area (TPSA) is 55.1 Å². The van der Waals surface area contributed by atoms with Crippen molar-refractivity contribution < 1.29 is 4.79 Å². The molecule has 18 heavy (non-hydrogen) atoms. The highest BCUT2D eigenvalue weighted by molar-refractivity contribution is 5.91. The van der Waals surface area contributed by atoms with Gasteiger partial charge in [-0.1, -0.05) is 26.0 Å². The molecule has 0 bridgehead atoms. The summed E-state index contributed by atoms with van der Waals surface area (Å²) in [5.74, 6) is 0.534. The molecule has 0 unspecified atom stereocenters. The van der Waals surface area contributed by atoms with Crippen molar-refractivity contribution in [2.24, 2.45) is 5.73 Å². The summed E-state index contributed by atoms with van der Waals surface area (Å²) < 4.78 is 0. The molecule has 1 aliphatic rings. The lowest BCUT2D eigenvalue weighted by molar-refractivity contribution is -0.118. The third kappa shape index (κ3) is 3.10. The van der Waals surface area contributed by atoms with E-state index in [1.807, 2.05) is 12.1 Å². The van der Waals surface area contributed by atoms with Crippen molar-refractivity contribution in [1.29, 1.82) is 0 Å². The summed E-state index contributed by atoms with van der Waals surface area (Å²) in [6, 6.07) is 8.03. The molecular weight excluding hydrogens is 224 g/mol. The lowest BCUT2D eigenvalue weighted by Crippen LogP contribution is -2.48. The minimum Gasteiger partial charge on any atom is -0.326 e. The molecule has 1 saturated carbocycles. The van der Waals surface area contributed by atoms with Crippen LogP contribution in [0.25, 0.3) is 0 Å². The second-order valence-electron chi connectivity index (χ2n) is 5.72. The zero-order chi connectivity index (χ0) is 13.2. The first kappa shape index (κ1) is 13.1. The van der Waals surface area contributed by atoms with Gasteiger partial charge >= 0.3 is 0 Å². The van der Waals surface area contributed by atoms with Gasteiger partial charge in [0.05, 0.1) is 0 Å². The fraction of sp³-hybridized carbons (Fsp3) is 0.533. The molecule has 0 radical (unpaired) electrons. The Balaban J connectivity index is 1.90. The molecule has 1 aliphatic carbocycles. The van der Waals surface area contributed by atoms with E-state index >= 15 is 0 Å². The van der Waals surface area contributed by atoms with Gasteiger partial charge in [0.25, 0.3) is 0 Å². The first-order valence-corrected chi connectivity index (χ1v) is 6.67. The third-order valence-corrected chi connectivity index (χ3v) is 3.72. The van der Waals surface area contributed by atoms with E-state index in [4.69, 9.17) is 5.73 Å². The highest BCUT2D eigenvalue weighted by Crippen LogP contribution is 2.32. The first-order chi connectivity index (χ1) is 8.48. The standard InChI is InChI=1S/C15H22N2O/c1-11(2)12-4-6-13(7-5-12)17-14(18)10-15(16)8-3-9-15/h4-7,11H,3,8-10,16H2,1-2H3,(H,17,18). The van der Waals surface area contributed by atoms with Crippen LogP contribution in [0.15, 0.2) is 24.3 Å². The van der Waals surface area contributed by atoms with Gasteiger partial charge in [0.15, 0.2) is 0 Å². The van der Waals surface area contributed by atoms with Crippen molar-refractivity contribution in [1.82, 2.24) is 0 Å². The maximum atomic E-state index is 11.8. The highest BCUT2D eigenvalue weighted by atomic mass is 16.1. The number of hydrogen-bond acceptors (Lipinski definition) is 2. The van der Waals surface area contributed by atoms with Gasteiger partial charge in [0, 0.05) is 17.6 Å². The molecular formula is C15H22N2O. The smallest absolute Gasteiger partial charge is 0.226 e. The van der Waals surface area contributed by atoms with E-state index in [0.717, 1.165) is 24.9 Å². The fourth-order valence-electron chi connectivity index (χ4n) is 2.28. The number of nitrogens with two attached hydrogens (primary N) is 1. The maximum Gasteiger partial charge on any atom is 0.226 e. The first-order valence-electron chi connectivity index (χ1n) is 6.67. The Bertz CT molecular complexity index is 419. The van der Waals surface area contributed by atoms with E-state index in [9.17, 15) is 4.79 Å². The monoisotopic (exact) mass is 246 g/mol. The van der Waals surface area contributed by atoms with Crippen LogP contribution in [0, 0.1) is 0 Å². The molecule has 0 aliphatic heterocycles. The molecule has 1 fully saturated rings. The highest BCUT2D eigenvalue weighted by Gasteiger charge is 2.34. The Morgan fingerprint density at radius 1 is 1.33 bits per heavy atom. The van der Waals surface area contributed by atoms with Crippen LogP contribution in [0.1, 0.15) is 51.0 Å². The number of anilines is 1. The number of carbonyl (C=O) groups is 1. The summed E-state index contributed by atoms with van der Waals surface area (Å²) in [5.41, 5.74) is 7.95. The fourth-order valence-corrected chi connectivity index (χ4v) is 2.28. The van der Waals surface area contributed by atoms with Crippen molar-refractivity contribution in [2.45, 2.75) is 51.0 Å². The molecule has 3 N–H and O–H groups in total.